The van der Waals surface area contributed by atoms with Crippen molar-refractivity contribution in [3.05, 3.63) is 22.4 Å². The number of halogens is 3. The van der Waals surface area contributed by atoms with E-state index in [1.54, 1.807) is 0 Å². The van der Waals surface area contributed by atoms with E-state index in [2.05, 4.69) is 14.3 Å². The molecule has 0 aliphatic rings. The van der Waals surface area contributed by atoms with Crippen LogP contribution in [0.1, 0.15) is 5.69 Å². The molecule has 0 aliphatic heterocycles. The fourth-order valence-corrected chi connectivity index (χ4v) is 1.74. The van der Waals surface area contributed by atoms with Crippen molar-refractivity contribution in [1.29, 1.82) is 0 Å². The van der Waals surface area contributed by atoms with Crippen LogP contribution in [0, 0.1) is 0 Å². The van der Waals surface area contributed by atoms with Gasteiger partial charge in [0.15, 0.2) is 10.5 Å². The molecule has 0 saturated heterocycles. The average molecular weight is 221 g/mol. The van der Waals surface area contributed by atoms with E-state index >= 15 is 0 Å². The second-order valence-corrected chi connectivity index (χ2v) is 3.19. The average Bonchev–Trinajstić information content (AvgIpc) is 2.47. The summed E-state index contributed by atoms with van der Waals surface area (Å²) in [6.07, 6.45) is -3.57. The molecule has 14 heavy (non-hydrogen) atoms. The zero-order valence-electron chi connectivity index (χ0n) is 6.42. The van der Waals surface area contributed by atoms with Crippen molar-refractivity contribution in [2.45, 2.75) is 6.18 Å². The molecule has 0 spiro atoms. The molecule has 1 N–H and O–H groups in total. The van der Waals surface area contributed by atoms with Gasteiger partial charge in [0.25, 0.3) is 5.56 Å². The van der Waals surface area contributed by atoms with Gasteiger partial charge in [0, 0.05) is 0 Å². The van der Waals surface area contributed by atoms with E-state index in [1.807, 2.05) is 0 Å². The van der Waals surface area contributed by atoms with E-state index in [0.717, 1.165) is 6.33 Å². The number of hydrogen-bond donors (Lipinski definition) is 1. The lowest BCUT2D eigenvalue weighted by atomic mass is 10.3. The minimum atomic E-state index is -4.62. The highest BCUT2D eigenvalue weighted by Crippen LogP contribution is 2.33. The Kier molecular flexibility index (Phi) is 1.81. The standard InChI is InChI=1S/C6H2F3N3OS/c7-6(8,9)3-2-4(13)10-1-11-5(2)14-12-3/h1H,(H,10,11,13). The molecule has 0 radical (unpaired) electrons. The Morgan fingerprint density at radius 2 is 2.14 bits per heavy atom. The second kappa shape index (κ2) is 2.77. The van der Waals surface area contributed by atoms with Gasteiger partial charge in [-0.1, -0.05) is 0 Å². The summed E-state index contributed by atoms with van der Waals surface area (Å²) < 4.78 is 40.0. The van der Waals surface area contributed by atoms with Crippen LogP contribution < -0.4 is 5.56 Å². The first kappa shape index (κ1) is 9.13. The molecule has 0 aromatic carbocycles. The maximum atomic E-state index is 12.3. The van der Waals surface area contributed by atoms with Crippen LogP contribution in [0.2, 0.25) is 0 Å². The maximum Gasteiger partial charge on any atom is 0.435 e. The highest BCUT2D eigenvalue weighted by Gasteiger charge is 2.37. The van der Waals surface area contributed by atoms with Gasteiger partial charge in [-0.25, -0.2) is 4.98 Å². The van der Waals surface area contributed by atoms with Crippen LogP contribution >= 0.6 is 11.5 Å². The number of aromatic nitrogens is 3. The number of hydrogen-bond acceptors (Lipinski definition) is 4. The molecule has 4 nitrogen and oxygen atoms in total. The normalized spacial score (nSPS) is 12.2. The van der Waals surface area contributed by atoms with E-state index in [-0.39, 0.29) is 4.83 Å². The van der Waals surface area contributed by atoms with Crippen LogP contribution in [0.15, 0.2) is 11.1 Å². The third-order valence-corrected chi connectivity index (χ3v) is 2.30. The van der Waals surface area contributed by atoms with Crippen LogP contribution in [-0.4, -0.2) is 14.3 Å². The lowest BCUT2D eigenvalue weighted by Gasteiger charge is -2.00. The van der Waals surface area contributed by atoms with E-state index in [4.69, 9.17) is 0 Å². The minimum Gasteiger partial charge on any atom is -0.312 e. The molecular formula is C6H2F3N3OS. The predicted octanol–water partition coefficient (Wildman–Crippen LogP) is 1.40. The first-order valence-electron chi connectivity index (χ1n) is 3.40. The van der Waals surface area contributed by atoms with Gasteiger partial charge in [-0.3, -0.25) is 4.79 Å². The van der Waals surface area contributed by atoms with E-state index in [9.17, 15) is 18.0 Å². The molecule has 8 heteroatoms. The molecule has 0 amide bonds. The van der Waals surface area contributed by atoms with Gasteiger partial charge in [-0.05, 0) is 11.5 Å². The van der Waals surface area contributed by atoms with Crippen LogP contribution in [0.5, 0.6) is 0 Å². The Balaban J connectivity index is 2.87. The fourth-order valence-electron chi connectivity index (χ4n) is 0.989. The smallest absolute Gasteiger partial charge is 0.312 e. The highest BCUT2D eigenvalue weighted by molar-refractivity contribution is 7.12. The van der Waals surface area contributed by atoms with Gasteiger partial charge in [-0.15, -0.1) is 0 Å². The van der Waals surface area contributed by atoms with Crippen molar-refractivity contribution in [2.75, 3.05) is 0 Å². The first-order chi connectivity index (χ1) is 6.50. The summed E-state index contributed by atoms with van der Waals surface area (Å²) >= 11 is 0.554. The topological polar surface area (TPSA) is 58.6 Å². The Labute approximate surface area is 78.6 Å². The van der Waals surface area contributed by atoms with Crippen molar-refractivity contribution in [1.82, 2.24) is 14.3 Å². The van der Waals surface area contributed by atoms with Gasteiger partial charge in [0.1, 0.15) is 5.39 Å². The van der Waals surface area contributed by atoms with Gasteiger partial charge < -0.3 is 4.98 Å². The molecule has 0 bridgehead atoms. The van der Waals surface area contributed by atoms with Crippen LogP contribution in [0.4, 0.5) is 13.2 Å². The third-order valence-electron chi connectivity index (χ3n) is 1.55. The summed E-state index contributed by atoms with van der Waals surface area (Å²) in [7, 11) is 0. The number of fused-ring (bicyclic) bond motifs is 1. The molecule has 2 rings (SSSR count). The number of aromatic amines is 1. The third kappa shape index (κ3) is 1.27. The van der Waals surface area contributed by atoms with Crippen molar-refractivity contribution < 1.29 is 13.2 Å². The Bertz CT molecular complexity index is 529. The molecule has 2 aromatic heterocycles. The Morgan fingerprint density at radius 1 is 1.43 bits per heavy atom. The quantitative estimate of drug-likeness (QED) is 0.731. The summed E-state index contributed by atoms with van der Waals surface area (Å²) in [4.78, 5) is 16.7. The summed E-state index contributed by atoms with van der Waals surface area (Å²) in [5.74, 6) is 0. The summed E-state index contributed by atoms with van der Waals surface area (Å²) in [5.41, 5.74) is -2.00. The molecule has 2 heterocycles. The monoisotopic (exact) mass is 221 g/mol. The largest absolute Gasteiger partial charge is 0.435 e. The first-order valence-corrected chi connectivity index (χ1v) is 4.18. The number of rotatable bonds is 0. The highest BCUT2D eigenvalue weighted by atomic mass is 32.1. The molecule has 0 unspecified atom stereocenters. The molecule has 0 saturated carbocycles. The summed E-state index contributed by atoms with van der Waals surface area (Å²) in [6.45, 7) is 0. The fraction of sp³-hybridized carbons (Fsp3) is 0.167. The van der Waals surface area contributed by atoms with Crippen molar-refractivity contribution in [3.8, 4) is 0 Å². The van der Waals surface area contributed by atoms with Gasteiger partial charge >= 0.3 is 6.18 Å². The van der Waals surface area contributed by atoms with Gasteiger partial charge in [-0.2, -0.15) is 17.5 Å². The molecule has 2 aromatic rings. The van der Waals surface area contributed by atoms with Crippen molar-refractivity contribution in [3.63, 3.8) is 0 Å². The molecule has 0 aliphatic carbocycles. The minimum absolute atomic E-state index is 0.0129. The zero-order chi connectivity index (χ0) is 10.3. The van der Waals surface area contributed by atoms with Gasteiger partial charge in [0.2, 0.25) is 0 Å². The van der Waals surface area contributed by atoms with E-state index < -0.39 is 22.8 Å². The van der Waals surface area contributed by atoms with Crippen LogP contribution in [0.25, 0.3) is 10.2 Å². The predicted molar refractivity (Wildman–Crippen MR) is 43.0 cm³/mol. The Hall–Kier alpha value is -1.44. The Morgan fingerprint density at radius 3 is 2.79 bits per heavy atom. The molecule has 0 atom stereocenters. The second-order valence-electron chi connectivity index (χ2n) is 2.44. The van der Waals surface area contributed by atoms with Crippen molar-refractivity contribution in [2.24, 2.45) is 0 Å². The van der Waals surface area contributed by atoms with E-state index in [1.165, 1.54) is 0 Å². The summed E-state index contributed by atoms with van der Waals surface area (Å²) in [6, 6.07) is 0. The maximum absolute atomic E-state index is 12.3. The number of H-pyrrole nitrogens is 1. The van der Waals surface area contributed by atoms with Gasteiger partial charge in [0.05, 0.1) is 6.33 Å². The molecular weight excluding hydrogens is 219 g/mol. The van der Waals surface area contributed by atoms with Crippen molar-refractivity contribution >= 4 is 21.7 Å². The molecule has 0 fully saturated rings. The van der Waals surface area contributed by atoms with Crippen LogP contribution in [0.3, 0.4) is 0 Å². The number of nitrogens with zero attached hydrogens (tertiary/aromatic N) is 2. The SMILES string of the molecule is O=c1[nH]cnc2snc(C(F)(F)F)c12. The molecule has 74 valence electrons. The number of nitrogens with one attached hydrogen (secondary N) is 1. The number of alkyl halides is 3. The summed E-state index contributed by atoms with van der Waals surface area (Å²) in [5, 5.41) is -0.495. The van der Waals surface area contributed by atoms with E-state index in [0.29, 0.717) is 11.5 Å². The lowest BCUT2D eigenvalue weighted by Crippen LogP contribution is -2.13. The van der Waals surface area contributed by atoms with Crippen LogP contribution in [-0.2, 0) is 6.18 Å². The lowest BCUT2D eigenvalue weighted by molar-refractivity contribution is -0.139. The zero-order valence-corrected chi connectivity index (χ0v) is 7.24.